The topological polar surface area (TPSA) is 44.3 Å². The lowest BCUT2D eigenvalue weighted by atomic mass is 10.1. The molecule has 0 atom stereocenters. The molecule has 2 aromatic rings. The lowest BCUT2D eigenvalue weighted by molar-refractivity contribution is 0.476. The minimum Gasteiger partial charge on any atom is -0.505 e. The fourth-order valence-electron chi connectivity index (χ4n) is 2.42. The first kappa shape index (κ1) is 13.4. The molecule has 104 valence electrons. The molecule has 0 amide bonds. The number of hydrogen-bond donors (Lipinski definition) is 3. The molecule has 20 heavy (non-hydrogen) atoms. The van der Waals surface area contributed by atoms with Gasteiger partial charge in [0.1, 0.15) is 0 Å². The number of hydrogen-bond acceptors (Lipinski definition) is 3. The van der Waals surface area contributed by atoms with Crippen LogP contribution in [0.4, 0.5) is 11.4 Å². The molecule has 0 unspecified atom stereocenters. The molecule has 3 rings (SSSR count). The summed E-state index contributed by atoms with van der Waals surface area (Å²) in [6, 6.07) is 9.64. The summed E-state index contributed by atoms with van der Waals surface area (Å²) in [5, 5.41) is 16.7. The van der Waals surface area contributed by atoms with Gasteiger partial charge >= 0.3 is 0 Å². The summed E-state index contributed by atoms with van der Waals surface area (Å²) < 4.78 is 0. The molecular weight excluding hydrogens is 295 g/mol. The van der Waals surface area contributed by atoms with Gasteiger partial charge < -0.3 is 15.7 Å². The lowest BCUT2D eigenvalue weighted by Crippen LogP contribution is -2.03. The average molecular weight is 309 g/mol. The molecule has 5 heteroatoms. The molecule has 0 aliphatic carbocycles. The second kappa shape index (κ2) is 5.43. The molecule has 1 aliphatic heterocycles. The van der Waals surface area contributed by atoms with E-state index in [0.717, 1.165) is 18.7 Å². The van der Waals surface area contributed by atoms with Crippen molar-refractivity contribution in [3.05, 3.63) is 51.5 Å². The Bertz CT molecular complexity index is 635. The van der Waals surface area contributed by atoms with E-state index in [-0.39, 0.29) is 15.8 Å². The van der Waals surface area contributed by atoms with E-state index >= 15 is 0 Å². The first-order valence-corrected chi connectivity index (χ1v) is 7.17. The standard InChI is InChI=1S/C15H14Cl2N2O/c16-12-6-11(7-13(17)15(12)20)19-8-10-3-1-2-9-4-5-18-14(9)10/h1-3,6-7,18-20H,4-5,8H2. The molecule has 0 spiro atoms. The quantitative estimate of drug-likeness (QED) is 0.742. The van der Waals surface area contributed by atoms with Crippen LogP contribution in [0, 0.1) is 0 Å². The highest BCUT2D eigenvalue weighted by Gasteiger charge is 2.13. The van der Waals surface area contributed by atoms with Crippen molar-refractivity contribution in [2.45, 2.75) is 13.0 Å². The first-order valence-electron chi connectivity index (χ1n) is 6.41. The zero-order valence-electron chi connectivity index (χ0n) is 10.7. The Hall–Kier alpha value is -1.58. The van der Waals surface area contributed by atoms with Crippen molar-refractivity contribution in [3.8, 4) is 5.75 Å². The summed E-state index contributed by atoms with van der Waals surface area (Å²) in [5.74, 6) is -0.0823. The SMILES string of the molecule is Oc1c(Cl)cc(NCc2cccc3c2NCC3)cc1Cl. The van der Waals surface area contributed by atoms with E-state index in [2.05, 4.69) is 28.8 Å². The fraction of sp³-hybridized carbons (Fsp3) is 0.200. The van der Waals surface area contributed by atoms with Crippen molar-refractivity contribution >= 4 is 34.6 Å². The maximum atomic E-state index is 9.54. The Morgan fingerprint density at radius 3 is 2.70 bits per heavy atom. The lowest BCUT2D eigenvalue weighted by Gasteiger charge is -2.12. The van der Waals surface area contributed by atoms with Crippen molar-refractivity contribution < 1.29 is 5.11 Å². The molecule has 0 aromatic heterocycles. The number of phenolic OH excluding ortho intramolecular Hbond substituents is 1. The summed E-state index contributed by atoms with van der Waals surface area (Å²) >= 11 is 11.8. The van der Waals surface area contributed by atoms with Gasteiger partial charge in [-0.25, -0.2) is 0 Å². The van der Waals surface area contributed by atoms with E-state index in [1.54, 1.807) is 12.1 Å². The van der Waals surface area contributed by atoms with Gasteiger partial charge in [0.05, 0.1) is 10.0 Å². The van der Waals surface area contributed by atoms with Crippen molar-refractivity contribution in [1.82, 2.24) is 0 Å². The van der Waals surface area contributed by atoms with E-state index in [0.29, 0.717) is 6.54 Å². The third-order valence-electron chi connectivity index (χ3n) is 3.43. The number of aromatic hydroxyl groups is 1. The van der Waals surface area contributed by atoms with Gasteiger partial charge in [-0.15, -0.1) is 0 Å². The van der Waals surface area contributed by atoms with Crippen LogP contribution in [-0.4, -0.2) is 11.7 Å². The molecule has 1 heterocycles. The van der Waals surface area contributed by atoms with Gasteiger partial charge in [0.15, 0.2) is 5.75 Å². The molecule has 3 nitrogen and oxygen atoms in total. The minimum atomic E-state index is -0.0823. The smallest absolute Gasteiger partial charge is 0.152 e. The van der Waals surface area contributed by atoms with Gasteiger partial charge in [0.2, 0.25) is 0 Å². The summed E-state index contributed by atoms with van der Waals surface area (Å²) in [6.45, 7) is 1.66. The molecule has 1 aliphatic rings. The zero-order chi connectivity index (χ0) is 14.1. The average Bonchev–Trinajstić information content (AvgIpc) is 2.91. The van der Waals surface area contributed by atoms with Crippen LogP contribution >= 0.6 is 23.2 Å². The Morgan fingerprint density at radius 2 is 1.95 bits per heavy atom. The number of nitrogens with one attached hydrogen (secondary N) is 2. The van der Waals surface area contributed by atoms with Crippen molar-refractivity contribution in [1.29, 1.82) is 0 Å². The molecular formula is C15H14Cl2N2O. The largest absolute Gasteiger partial charge is 0.505 e. The normalized spacial score (nSPS) is 12.9. The van der Waals surface area contributed by atoms with E-state index in [9.17, 15) is 5.11 Å². The molecule has 0 saturated heterocycles. The van der Waals surface area contributed by atoms with Crippen LogP contribution in [0.3, 0.4) is 0 Å². The second-order valence-electron chi connectivity index (χ2n) is 4.77. The fourth-order valence-corrected chi connectivity index (χ4v) is 2.91. The number of benzene rings is 2. The molecule has 0 bridgehead atoms. The Balaban J connectivity index is 1.79. The van der Waals surface area contributed by atoms with Crippen molar-refractivity contribution in [2.24, 2.45) is 0 Å². The molecule has 0 radical (unpaired) electrons. The van der Waals surface area contributed by atoms with Crippen LogP contribution in [0.1, 0.15) is 11.1 Å². The number of anilines is 2. The highest BCUT2D eigenvalue weighted by Crippen LogP contribution is 2.35. The number of rotatable bonds is 3. The van der Waals surface area contributed by atoms with Crippen LogP contribution in [-0.2, 0) is 13.0 Å². The van der Waals surface area contributed by atoms with E-state index < -0.39 is 0 Å². The van der Waals surface area contributed by atoms with Gasteiger partial charge in [-0.3, -0.25) is 0 Å². The van der Waals surface area contributed by atoms with E-state index in [4.69, 9.17) is 23.2 Å². The molecule has 3 N–H and O–H groups in total. The second-order valence-corrected chi connectivity index (χ2v) is 5.58. The summed E-state index contributed by atoms with van der Waals surface area (Å²) in [7, 11) is 0. The van der Waals surface area contributed by atoms with Crippen LogP contribution in [0.5, 0.6) is 5.75 Å². The van der Waals surface area contributed by atoms with E-state index in [1.165, 1.54) is 16.8 Å². The highest BCUT2D eigenvalue weighted by atomic mass is 35.5. The maximum Gasteiger partial charge on any atom is 0.152 e. The zero-order valence-corrected chi connectivity index (χ0v) is 12.2. The number of phenols is 1. The molecule has 0 fully saturated rings. The van der Waals surface area contributed by atoms with Gasteiger partial charge in [-0.2, -0.15) is 0 Å². The number of para-hydroxylation sites is 1. The van der Waals surface area contributed by atoms with Gasteiger partial charge in [-0.05, 0) is 29.7 Å². The number of fused-ring (bicyclic) bond motifs is 1. The molecule has 2 aromatic carbocycles. The van der Waals surface area contributed by atoms with Gasteiger partial charge in [-0.1, -0.05) is 41.4 Å². The van der Waals surface area contributed by atoms with Gasteiger partial charge in [0.25, 0.3) is 0 Å². The summed E-state index contributed by atoms with van der Waals surface area (Å²) in [4.78, 5) is 0. The Kier molecular flexibility index (Phi) is 3.64. The van der Waals surface area contributed by atoms with Crippen LogP contribution in [0.15, 0.2) is 30.3 Å². The van der Waals surface area contributed by atoms with E-state index in [1.807, 2.05) is 0 Å². The number of halogens is 2. The minimum absolute atomic E-state index is 0.0823. The summed E-state index contributed by atoms with van der Waals surface area (Å²) in [5.41, 5.74) is 4.57. The van der Waals surface area contributed by atoms with Crippen LogP contribution < -0.4 is 10.6 Å². The van der Waals surface area contributed by atoms with Crippen LogP contribution in [0.2, 0.25) is 10.0 Å². The summed E-state index contributed by atoms with van der Waals surface area (Å²) in [6.07, 6.45) is 1.07. The Morgan fingerprint density at radius 1 is 1.20 bits per heavy atom. The third kappa shape index (κ3) is 2.51. The van der Waals surface area contributed by atoms with Crippen molar-refractivity contribution in [2.75, 3.05) is 17.2 Å². The van der Waals surface area contributed by atoms with Crippen LogP contribution in [0.25, 0.3) is 0 Å². The third-order valence-corrected chi connectivity index (χ3v) is 4.01. The molecule has 0 saturated carbocycles. The van der Waals surface area contributed by atoms with Crippen molar-refractivity contribution in [3.63, 3.8) is 0 Å². The predicted octanol–water partition coefficient (Wildman–Crippen LogP) is 4.28. The predicted molar refractivity (Wildman–Crippen MR) is 84.1 cm³/mol. The maximum absolute atomic E-state index is 9.54. The first-order chi connectivity index (χ1) is 9.65. The van der Waals surface area contributed by atoms with Gasteiger partial charge in [0, 0.05) is 24.5 Å². The highest BCUT2D eigenvalue weighted by molar-refractivity contribution is 6.37. The Labute approximate surface area is 127 Å². The monoisotopic (exact) mass is 308 g/mol.